The summed E-state index contributed by atoms with van der Waals surface area (Å²) in [5.41, 5.74) is 0. The van der Waals surface area contributed by atoms with Crippen LogP contribution >= 0.6 is 23.2 Å². The van der Waals surface area contributed by atoms with E-state index < -0.39 is 0 Å². The zero-order chi connectivity index (χ0) is 17.4. The lowest BCUT2D eigenvalue weighted by molar-refractivity contribution is 0.157. The van der Waals surface area contributed by atoms with Crippen molar-refractivity contribution in [1.82, 2.24) is 10.2 Å². The average molecular weight is 374 g/mol. The van der Waals surface area contributed by atoms with E-state index in [0.717, 1.165) is 38.6 Å². The van der Waals surface area contributed by atoms with E-state index >= 15 is 0 Å². The highest BCUT2D eigenvalue weighted by Crippen LogP contribution is 2.31. The fraction of sp³-hybridized carbons (Fsp3) is 0.588. The van der Waals surface area contributed by atoms with Gasteiger partial charge < -0.3 is 19.7 Å². The second-order valence-electron chi connectivity index (χ2n) is 5.69. The van der Waals surface area contributed by atoms with Gasteiger partial charge in [0.15, 0.2) is 5.96 Å². The molecule has 0 spiro atoms. The van der Waals surface area contributed by atoms with Gasteiger partial charge in [-0.3, -0.25) is 0 Å². The van der Waals surface area contributed by atoms with Crippen LogP contribution in [0.5, 0.6) is 5.75 Å². The minimum absolute atomic E-state index is 0.442. The van der Waals surface area contributed by atoms with Gasteiger partial charge in [0.05, 0.1) is 18.2 Å². The van der Waals surface area contributed by atoms with Crippen molar-refractivity contribution in [2.45, 2.75) is 13.3 Å². The van der Waals surface area contributed by atoms with Gasteiger partial charge >= 0.3 is 0 Å². The number of nitrogens with zero attached hydrogens (tertiary/aromatic N) is 2. The summed E-state index contributed by atoms with van der Waals surface area (Å²) in [4.78, 5) is 6.92. The predicted molar refractivity (Wildman–Crippen MR) is 99.5 cm³/mol. The highest BCUT2D eigenvalue weighted by atomic mass is 35.5. The van der Waals surface area contributed by atoms with Gasteiger partial charge in [0.1, 0.15) is 17.4 Å². The Kier molecular flexibility index (Phi) is 7.95. The Morgan fingerprint density at radius 3 is 3.00 bits per heavy atom. The smallest absolute Gasteiger partial charge is 0.194 e. The normalized spacial score (nSPS) is 18.1. The van der Waals surface area contributed by atoms with Crippen LogP contribution in [0.2, 0.25) is 10.0 Å². The van der Waals surface area contributed by atoms with Gasteiger partial charge in [0.2, 0.25) is 0 Å². The van der Waals surface area contributed by atoms with Crippen LogP contribution in [0, 0.1) is 5.92 Å². The van der Waals surface area contributed by atoms with Crippen LogP contribution in [0.1, 0.15) is 13.3 Å². The third-order valence-electron chi connectivity index (χ3n) is 3.85. The maximum absolute atomic E-state index is 6.11. The second kappa shape index (κ2) is 9.97. The van der Waals surface area contributed by atoms with Gasteiger partial charge in [-0.2, -0.15) is 0 Å². The fourth-order valence-corrected chi connectivity index (χ4v) is 3.07. The first kappa shape index (κ1) is 19.2. The molecule has 0 radical (unpaired) electrons. The largest absolute Gasteiger partial charge is 0.490 e. The van der Waals surface area contributed by atoms with E-state index in [1.165, 1.54) is 0 Å². The molecule has 5 nitrogen and oxygen atoms in total. The summed E-state index contributed by atoms with van der Waals surface area (Å²) in [6.07, 6.45) is 1.13. The van der Waals surface area contributed by atoms with Crippen molar-refractivity contribution in [2.75, 3.05) is 46.5 Å². The maximum Gasteiger partial charge on any atom is 0.194 e. The number of hydrogen-bond acceptors (Lipinski definition) is 3. The van der Waals surface area contributed by atoms with Gasteiger partial charge in [-0.05, 0) is 25.5 Å². The Morgan fingerprint density at radius 1 is 1.42 bits per heavy atom. The Hall–Kier alpha value is -1.17. The Balaban J connectivity index is 1.86. The zero-order valence-electron chi connectivity index (χ0n) is 14.2. The molecule has 1 aliphatic heterocycles. The number of methoxy groups -OCH3 is 1. The third-order valence-corrected chi connectivity index (χ3v) is 4.65. The molecule has 1 aliphatic rings. The van der Waals surface area contributed by atoms with Crippen LogP contribution in [0.25, 0.3) is 0 Å². The van der Waals surface area contributed by atoms with Crippen molar-refractivity contribution in [2.24, 2.45) is 10.9 Å². The number of ether oxygens (including phenoxy) is 2. The molecule has 7 heteroatoms. The van der Waals surface area contributed by atoms with Crippen LogP contribution in [0.15, 0.2) is 23.2 Å². The number of rotatable bonds is 7. The molecule has 2 rings (SSSR count). The minimum Gasteiger partial charge on any atom is -0.490 e. The molecule has 24 heavy (non-hydrogen) atoms. The van der Waals surface area contributed by atoms with Crippen molar-refractivity contribution in [3.8, 4) is 5.75 Å². The lowest BCUT2D eigenvalue weighted by Crippen LogP contribution is -2.40. The van der Waals surface area contributed by atoms with E-state index in [9.17, 15) is 0 Å². The van der Waals surface area contributed by atoms with E-state index in [2.05, 4.69) is 22.1 Å². The third kappa shape index (κ3) is 5.43. The molecule has 1 unspecified atom stereocenters. The Bertz CT molecular complexity index is 555. The number of aliphatic imine (C=N–C) groups is 1. The van der Waals surface area contributed by atoms with Crippen molar-refractivity contribution in [3.63, 3.8) is 0 Å². The summed E-state index contributed by atoms with van der Waals surface area (Å²) >= 11 is 12.1. The Labute approximate surface area is 153 Å². The Morgan fingerprint density at radius 2 is 2.25 bits per heavy atom. The average Bonchev–Trinajstić information content (AvgIpc) is 3.03. The van der Waals surface area contributed by atoms with Gasteiger partial charge in [0.25, 0.3) is 0 Å². The quantitative estimate of drug-likeness (QED) is 0.452. The van der Waals surface area contributed by atoms with E-state index in [4.69, 9.17) is 32.7 Å². The van der Waals surface area contributed by atoms with Crippen molar-refractivity contribution in [3.05, 3.63) is 28.2 Å². The van der Waals surface area contributed by atoms with Crippen LogP contribution in [-0.2, 0) is 4.74 Å². The monoisotopic (exact) mass is 373 g/mol. The molecule has 0 saturated carbocycles. The lowest BCUT2D eigenvalue weighted by atomic mass is 10.1. The van der Waals surface area contributed by atoms with Crippen molar-refractivity contribution >= 4 is 29.2 Å². The fourth-order valence-electron chi connectivity index (χ4n) is 2.73. The number of benzene rings is 1. The standard InChI is InChI=1S/C17H25Cl2N3O2/c1-3-20-17(22-9-7-13(11-22)12-23-2)21-8-10-24-15-6-4-5-14(18)16(15)19/h4-6,13H,3,7-12H2,1-2H3,(H,20,21). The number of nitrogens with one attached hydrogen (secondary N) is 1. The SMILES string of the molecule is CCNC(=NCCOc1cccc(Cl)c1Cl)N1CCC(COC)C1. The van der Waals surface area contributed by atoms with Gasteiger partial charge in [-0.15, -0.1) is 0 Å². The van der Waals surface area contributed by atoms with Gasteiger partial charge in [-0.25, -0.2) is 4.99 Å². The van der Waals surface area contributed by atoms with E-state index in [1.54, 1.807) is 19.2 Å². The number of guanidine groups is 1. The molecule has 0 amide bonds. The molecule has 1 N–H and O–H groups in total. The van der Waals surface area contributed by atoms with Crippen molar-refractivity contribution < 1.29 is 9.47 Å². The molecule has 1 saturated heterocycles. The molecule has 0 aliphatic carbocycles. The van der Waals surface area contributed by atoms with E-state index in [0.29, 0.717) is 34.9 Å². The second-order valence-corrected chi connectivity index (χ2v) is 6.48. The first-order valence-corrected chi connectivity index (χ1v) is 9.00. The van der Waals surface area contributed by atoms with Crippen LogP contribution in [0.3, 0.4) is 0 Å². The van der Waals surface area contributed by atoms with Crippen LogP contribution < -0.4 is 10.1 Å². The van der Waals surface area contributed by atoms with Gasteiger partial charge in [0, 0.05) is 32.7 Å². The summed E-state index contributed by atoms with van der Waals surface area (Å²) in [5, 5.41) is 4.27. The summed E-state index contributed by atoms with van der Waals surface area (Å²) in [5.74, 6) is 2.09. The van der Waals surface area contributed by atoms with Crippen molar-refractivity contribution in [1.29, 1.82) is 0 Å². The number of likely N-dealkylation sites (tertiary alicyclic amines) is 1. The maximum atomic E-state index is 6.11. The highest BCUT2D eigenvalue weighted by Gasteiger charge is 2.24. The molecule has 1 aromatic rings. The summed E-state index contributed by atoms with van der Waals surface area (Å²) in [6, 6.07) is 5.36. The molecule has 0 aromatic heterocycles. The summed E-state index contributed by atoms with van der Waals surface area (Å²) in [7, 11) is 1.75. The number of hydrogen-bond donors (Lipinski definition) is 1. The summed E-state index contributed by atoms with van der Waals surface area (Å²) < 4.78 is 10.9. The van der Waals surface area contributed by atoms with Crippen LogP contribution in [-0.4, -0.2) is 57.4 Å². The summed E-state index contributed by atoms with van der Waals surface area (Å²) in [6.45, 7) is 6.68. The molecule has 1 heterocycles. The number of halogens is 2. The highest BCUT2D eigenvalue weighted by molar-refractivity contribution is 6.42. The molecular weight excluding hydrogens is 349 g/mol. The van der Waals surface area contributed by atoms with E-state index in [1.807, 2.05) is 6.07 Å². The molecule has 1 fully saturated rings. The van der Waals surface area contributed by atoms with E-state index in [-0.39, 0.29) is 0 Å². The zero-order valence-corrected chi connectivity index (χ0v) is 15.7. The van der Waals surface area contributed by atoms with Crippen LogP contribution in [0.4, 0.5) is 0 Å². The molecule has 0 bridgehead atoms. The molecule has 134 valence electrons. The minimum atomic E-state index is 0.442. The first-order valence-electron chi connectivity index (χ1n) is 8.24. The first-order chi connectivity index (χ1) is 11.7. The predicted octanol–water partition coefficient (Wildman–Crippen LogP) is 3.31. The lowest BCUT2D eigenvalue weighted by Gasteiger charge is -2.21. The molecule has 1 aromatic carbocycles. The topological polar surface area (TPSA) is 46.1 Å². The molecular formula is C17H25Cl2N3O2. The van der Waals surface area contributed by atoms with Gasteiger partial charge in [-0.1, -0.05) is 29.3 Å². The molecule has 1 atom stereocenters.